The summed E-state index contributed by atoms with van der Waals surface area (Å²) in [5.41, 5.74) is 3.18. The first-order valence-electron chi connectivity index (χ1n) is 6.49. The van der Waals surface area contributed by atoms with Crippen molar-refractivity contribution in [3.63, 3.8) is 0 Å². The van der Waals surface area contributed by atoms with Crippen molar-refractivity contribution in [3.05, 3.63) is 27.3 Å². The average molecular weight is 343 g/mol. The second-order valence-corrected chi connectivity index (χ2v) is 7.31. The molecule has 1 saturated carbocycles. The van der Waals surface area contributed by atoms with Crippen LogP contribution in [-0.2, 0) is 0 Å². The summed E-state index contributed by atoms with van der Waals surface area (Å²) in [4.78, 5) is 0. The highest BCUT2D eigenvalue weighted by Gasteiger charge is 2.27. The largest absolute Gasteiger partial charge is 0.382 e. The fraction of sp³-hybridized carbons (Fsp3) is 0.600. The Hall–Kier alpha value is -0.250. The molecule has 1 unspecified atom stereocenters. The van der Waals surface area contributed by atoms with Crippen LogP contribution in [0.25, 0.3) is 0 Å². The first kappa shape index (κ1) is 13.2. The third-order valence-corrected chi connectivity index (χ3v) is 4.42. The van der Waals surface area contributed by atoms with Crippen LogP contribution in [-0.4, -0.2) is 6.04 Å². The van der Waals surface area contributed by atoms with E-state index in [1.807, 2.05) is 0 Å². The van der Waals surface area contributed by atoms with Gasteiger partial charge in [-0.15, -0.1) is 0 Å². The fourth-order valence-corrected chi connectivity index (χ4v) is 3.48. The topological polar surface area (TPSA) is 12.0 Å². The molecule has 1 aromatic rings. The molecule has 0 saturated heterocycles. The highest BCUT2D eigenvalue weighted by atomic mass is 127. The van der Waals surface area contributed by atoms with Gasteiger partial charge in [-0.3, -0.25) is 0 Å². The molecule has 17 heavy (non-hydrogen) atoms. The lowest BCUT2D eigenvalue weighted by atomic mass is 9.75. The lowest BCUT2D eigenvalue weighted by Crippen LogP contribution is -2.31. The van der Waals surface area contributed by atoms with Crippen LogP contribution in [0.3, 0.4) is 0 Å². The van der Waals surface area contributed by atoms with Gasteiger partial charge < -0.3 is 5.32 Å². The molecule has 0 heterocycles. The van der Waals surface area contributed by atoms with Gasteiger partial charge in [0.1, 0.15) is 0 Å². The van der Waals surface area contributed by atoms with Gasteiger partial charge in [-0.05, 0) is 78.0 Å². The summed E-state index contributed by atoms with van der Waals surface area (Å²) < 4.78 is 1.31. The summed E-state index contributed by atoms with van der Waals surface area (Å²) in [6.45, 7) is 6.97. The van der Waals surface area contributed by atoms with E-state index in [2.05, 4.69) is 66.9 Å². The molecular formula is C15H22IN. The molecule has 1 atom stereocenters. The minimum absolute atomic E-state index is 0.507. The number of aryl methyl sites for hydroxylation is 1. The van der Waals surface area contributed by atoms with E-state index in [-0.39, 0.29) is 0 Å². The van der Waals surface area contributed by atoms with Gasteiger partial charge in [-0.1, -0.05) is 20.3 Å². The molecule has 1 fully saturated rings. The zero-order valence-electron chi connectivity index (χ0n) is 11.0. The average Bonchev–Trinajstić information content (AvgIpc) is 2.21. The van der Waals surface area contributed by atoms with Gasteiger partial charge in [0.15, 0.2) is 0 Å². The molecule has 0 aliphatic heterocycles. The summed E-state index contributed by atoms with van der Waals surface area (Å²) in [6, 6.07) is 7.30. The molecule has 1 aliphatic rings. The van der Waals surface area contributed by atoms with Gasteiger partial charge in [0.2, 0.25) is 0 Å². The number of halogens is 1. The van der Waals surface area contributed by atoms with Crippen molar-refractivity contribution in [3.8, 4) is 0 Å². The maximum Gasteiger partial charge on any atom is 0.0372 e. The molecule has 1 aliphatic carbocycles. The molecule has 1 aromatic carbocycles. The smallest absolute Gasteiger partial charge is 0.0372 e. The molecule has 0 aromatic heterocycles. The summed E-state index contributed by atoms with van der Waals surface area (Å²) >= 11 is 2.37. The normalized spacial score (nSPS) is 23.4. The van der Waals surface area contributed by atoms with Gasteiger partial charge in [0, 0.05) is 15.3 Å². The SMILES string of the molecule is Cc1cc(I)ccc1NC1CCCC(C)(C)C1. The highest BCUT2D eigenvalue weighted by Crippen LogP contribution is 2.36. The summed E-state index contributed by atoms with van der Waals surface area (Å²) in [5.74, 6) is 0. The monoisotopic (exact) mass is 343 g/mol. The van der Waals surface area contributed by atoms with E-state index in [1.54, 1.807) is 0 Å². The predicted molar refractivity (Wildman–Crippen MR) is 83.6 cm³/mol. The Morgan fingerprint density at radius 1 is 1.35 bits per heavy atom. The van der Waals surface area contributed by atoms with Crippen molar-refractivity contribution < 1.29 is 0 Å². The second kappa shape index (κ2) is 5.17. The fourth-order valence-electron chi connectivity index (χ4n) is 2.83. The number of benzene rings is 1. The molecule has 0 bridgehead atoms. The molecule has 1 N–H and O–H groups in total. The van der Waals surface area contributed by atoms with Crippen molar-refractivity contribution in [1.29, 1.82) is 0 Å². The van der Waals surface area contributed by atoms with E-state index in [4.69, 9.17) is 0 Å². The van der Waals surface area contributed by atoms with E-state index in [9.17, 15) is 0 Å². The first-order chi connectivity index (χ1) is 7.96. The van der Waals surface area contributed by atoms with Gasteiger partial charge in [0.05, 0.1) is 0 Å². The predicted octanol–water partition coefficient (Wildman–Crippen LogP) is 4.98. The van der Waals surface area contributed by atoms with Crippen molar-refractivity contribution in [1.82, 2.24) is 0 Å². The Labute approximate surface area is 119 Å². The minimum atomic E-state index is 0.507. The van der Waals surface area contributed by atoms with Crippen LogP contribution in [0.5, 0.6) is 0 Å². The summed E-state index contributed by atoms with van der Waals surface area (Å²) in [5, 5.41) is 3.73. The third-order valence-electron chi connectivity index (χ3n) is 3.75. The lowest BCUT2D eigenvalue weighted by Gasteiger charge is -2.36. The second-order valence-electron chi connectivity index (χ2n) is 6.06. The zero-order valence-corrected chi connectivity index (χ0v) is 13.2. The lowest BCUT2D eigenvalue weighted by molar-refractivity contribution is 0.229. The Morgan fingerprint density at radius 2 is 2.12 bits per heavy atom. The molecule has 0 spiro atoms. The van der Waals surface area contributed by atoms with Crippen LogP contribution in [0.15, 0.2) is 18.2 Å². The number of rotatable bonds is 2. The van der Waals surface area contributed by atoms with Crippen molar-refractivity contribution in [2.75, 3.05) is 5.32 Å². The van der Waals surface area contributed by atoms with E-state index < -0.39 is 0 Å². The van der Waals surface area contributed by atoms with E-state index in [0.29, 0.717) is 11.5 Å². The number of hydrogen-bond acceptors (Lipinski definition) is 1. The Morgan fingerprint density at radius 3 is 2.76 bits per heavy atom. The molecule has 0 radical (unpaired) electrons. The van der Waals surface area contributed by atoms with Crippen LogP contribution in [0.4, 0.5) is 5.69 Å². The Balaban J connectivity index is 2.05. The maximum absolute atomic E-state index is 3.73. The quantitative estimate of drug-likeness (QED) is 0.747. The van der Waals surface area contributed by atoms with Crippen LogP contribution in [0, 0.1) is 15.9 Å². The molecule has 2 heteroatoms. The van der Waals surface area contributed by atoms with E-state index in [1.165, 1.54) is 40.5 Å². The highest BCUT2D eigenvalue weighted by molar-refractivity contribution is 14.1. The van der Waals surface area contributed by atoms with Crippen LogP contribution in [0.2, 0.25) is 0 Å². The molecule has 2 rings (SSSR count). The Bertz CT molecular complexity index is 398. The van der Waals surface area contributed by atoms with Gasteiger partial charge in [-0.25, -0.2) is 0 Å². The van der Waals surface area contributed by atoms with Gasteiger partial charge in [0.25, 0.3) is 0 Å². The van der Waals surface area contributed by atoms with Gasteiger partial charge >= 0.3 is 0 Å². The molecule has 94 valence electrons. The molecule has 0 amide bonds. The number of hydrogen-bond donors (Lipinski definition) is 1. The maximum atomic E-state index is 3.73. The van der Waals surface area contributed by atoms with E-state index in [0.717, 1.165) is 0 Å². The van der Waals surface area contributed by atoms with Gasteiger partial charge in [-0.2, -0.15) is 0 Å². The molecular weight excluding hydrogens is 321 g/mol. The van der Waals surface area contributed by atoms with E-state index >= 15 is 0 Å². The first-order valence-corrected chi connectivity index (χ1v) is 7.57. The third kappa shape index (κ3) is 3.60. The van der Waals surface area contributed by atoms with Crippen LogP contribution < -0.4 is 5.32 Å². The van der Waals surface area contributed by atoms with Crippen molar-refractivity contribution in [2.45, 2.75) is 52.5 Å². The molecule has 1 nitrogen and oxygen atoms in total. The summed E-state index contributed by atoms with van der Waals surface area (Å²) in [6.07, 6.45) is 5.33. The Kier molecular flexibility index (Phi) is 4.01. The van der Waals surface area contributed by atoms with Crippen molar-refractivity contribution in [2.24, 2.45) is 5.41 Å². The number of nitrogens with one attached hydrogen (secondary N) is 1. The standard InChI is InChI=1S/C15H22IN/c1-11-9-12(16)6-7-14(11)17-13-5-4-8-15(2,3)10-13/h6-7,9,13,17H,4-5,8,10H2,1-3H3. The van der Waals surface area contributed by atoms with Crippen molar-refractivity contribution >= 4 is 28.3 Å². The summed E-state index contributed by atoms with van der Waals surface area (Å²) in [7, 11) is 0. The number of anilines is 1. The zero-order chi connectivity index (χ0) is 12.5. The van der Waals surface area contributed by atoms with Crippen LogP contribution in [0.1, 0.15) is 45.1 Å². The van der Waals surface area contributed by atoms with Crippen LogP contribution >= 0.6 is 22.6 Å². The minimum Gasteiger partial charge on any atom is -0.382 e.